The zero-order chi connectivity index (χ0) is 21.0. The Kier molecular flexibility index (Phi) is 6.75. The molecule has 5 nitrogen and oxygen atoms in total. The van der Waals surface area contributed by atoms with Crippen LogP contribution in [-0.2, 0) is 0 Å². The molecule has 0 saturated heterocycles. The van der Waals surface area contributed by atoms with E-state index in [9.17, 15) is 9.90 Å². The van der Waals surface area contributed by atoms with Gasteiger partial charge in [-0.2, -0.15) is 0 Å². The normalized spacial score (nSPS) is 10.9. The summed E-state index contributed by atoms with van der Waals surface area (Å²) in [5, 5.41) is 10.3. The molecule has 0 bridgehead atoms. The second-order valence-corrected chi connectivity index (χ2v) is 7.78. The summed E-state index contributed by atoms with van der Waals surface area (Å²) in [5.41, 5.74) is 3.17. The topological polar surface area (TPSA) is 68.7 Å². The number of fused-ring (bicyclic) bond motifs is 1. The van der Waals surface area contributed by atoms with Crippen LogP contribution < -0.4 is 9.47 Å². The summed E-state index contributed by atoms with van der Waals surface area (Å²) < 4.78 is 12.2. The minimum atomic E-state index is -0.980. The van der Waals surface area contributed by atoms with Crippen LogP contribution in [0.15, 0.2) is 40.9 Å². The van der Waals surface area contributed by atoms with Gasteiger partial charge in [0.25, 0.3) is 0 Å². The Labute approximate surface area is 178 Å². The predicted molar refractivity (Wildman–Crippen MR) is 118 cm³/mol. The fourth-order valence-corrected chi connectivity index (χ4v) is 3.76. The molecule has 29 heavy (non-hydrogen) atoms. The first-order chi connectivity index (χ1) is 13.9. The van der Waals surface area contributed by atoms with Crippen LogP contribution in [0.25, 0.3) is 22.2 Å². The van der Waals surface area contributed by atoms with Gasteiger partial charge in [-0.25, -0.2) is 9.78 Å². The van der Waals surface area contributed by atoms with Crippen molar-refractivity contribution in [1.82, 2.24) is 4.98 Å². The van der Waals surface area contributed by atoms with E-state index in [0.717, 1.165) is 34.9 Å². The zero-order valence-corrected chi connectivity index (χ0v) is 18.4. The molecule has 0 aliphatic rings. The number of ether oxygens (including phenoxy) is 2. The number of methoxy groups -OCH3 is 1. The smallest absolute Gasteiger partial charge is 0.336 e. The molecule has 152 valence electrons. The molecule has 2 aromatic carbocycles. The van der Waals surface area contributed by atoms with Crippen LogP contribution in [-0.4, -0.2) is 29.8 Å². The van der Waals surface area contributed by atoms with E-state index in [1.54, 1.807) is 13.2 Å². The quantitative estimate of drug-likeness (QED) is 0.404. The molecule has 0 unspecified atom stereocenters. The van der Waals surface area contributed by atoms with Gasteiger partial charge in [0, 0.05) is 10.9 Å². The lowest BCUT2D eigenvalue weighted by Gasteiger charge is -2.15. The Morgan fingerprint density at radius 3 is 2.66 bits per heavy atom. The van der Waals surface area contributed by atoms with Crippen LogP contribution in [0.1, 0.15) is 42.1 Å². The van der Waals surface area contributed by atoms with Crippen molar-refractivity contribution in [2.45, 2.75) is 33.1 Å². The fourth-order valence-electron chi connectivity index (χ4n) is 3.20. The first kappa shape index (κ1) is 21.1. The largest absolute Gasteiger partial charge is 0.493 e. The van der Waals surface area contributed by atoms with Gasteiger partial charge in [0.15, 0.2) is 11.5 Å². The maximum atomic E-state index is 11.8. The number of rotatable bonds is 8. The summed E-state index contributed by atoms with van der Waals surface area (Å²) in [4.78, 5) is 16.5. The summed E-state index contributed by atoms with van der Waals surface area (Å²) in [5.74, 6) is 0.238. The lowest BCUT2D eigenvalue weighted by Crippen LogP contribution is -2.02. The highest BCUT2D eigenvalue weighted by atomic mass is 79.9. The van der Waals surface area contributed by atoms with E-state index in [0.29, 0.717) is 34.7 Å². The van der Waals surface area contributed by atoms with Gasteiger partial charge in [-0.1, -0.05) is 31.4 Å². The van der Waals surface area contributed by atoms with Crippen LogP contribution in [0.2, 0.25) is 0 Å². The first-order valence-corrected chi connectivity index (χ1v) is 10.4. The minimum absolute atomic E-state index is 0.226. The number of nitrogens with zero attached hydrogens (tertiary/aromatic N) is 1. The molecule has 1 N–H and O–H groups in total. The van der Waals surface area contributed by atoms with Crippen molar-refractivity contribution in [3.8, 4) is 22.8 Å². The molecule has 3 aromatic rings. The molecule has 1 aromatic heterocycles. The number of aromatic carboxylic acids is 1. The number of carbonyl (C=O) groups is 1. The summed E-state index contributed by atoms with van der Waals surface area (Å²) in [7, 11) is 1.59. The third kappa shape index (κ3) is 4.70. The highest BCUT2D eigenvalue weighted by molar-refractivity contribution is 9.10. The van der Waals surface area contributed by atoms with Gasteiger partial charge >= 0.3 is 5.97 Å². The number of aromatic nitrogens is 1. The third-order valence-corrected chi connectivity index (χ3v) is 5.30. The van der Waals surface area contributed by atoms with E-state index in [4.69, 9.17) is 9.47 Å². The van der Waals surface area contributed by atoms with Crippen molar-refractivity contribution in [2.24, 2.45) is 0 Å². The van der Waals surface area contributed by atoms with E-state index in [2.05, 4.69) is 27.8 Å². The van der Waals surface area contributed by atoms with Crippen LogP contribution in [0.4, 0.5) is 0 Å². The Morgan fingerprint density at radius 2 is 1.97 bits per heavy atom. The molecular weight excluding hydrogens is 434 g/mol. The van der Waals surface area contributed by atoms with E-state index < -0.39 is 5.97 Å². The summed E-state index contributed by atoms with van der Waals surface area (Å²) in [6, 6.07) is 10.9. The first-order valence-electron chi connectivity index (χ1n) is 9.60. The summed E-state index contributed by atoms with van der Waals surface area (Å²) in [6.45, 7) is 4.69. The van der Waals surface area contributed by atoms with Crippen LogP contribution in [0.3, 0.4) is 0 Å². The lowest BCUT2D eigenvalue weighted by atomic mass is 10.0. The van der Waals surface area contributed by atoms with Crippen molar-refractivity contribution in [3.63, 3.8) is 0 Å². The molecule has 0 radical (unpaired) electrons. The Balaban J connectivity index is 2.06. The fraction of sp³-hybridized carbons (Fsp3) is 0.304. The molecule has 0 atom stereocenters. The van der Waals surface area contributed by atoms with Gasteiger partial charge in [0.05, 0.1) is 35.0 Å². The summed E-state index contributed by atoms with van der Waals surface area (Å²) >= 11 is 3.56. The molecule has 1 heterocycles. The van der Waals surface area contributed by atoms with Gasteiger partial charge in [0.2, 0.25) is 0 Å². The van der Waals surface area contributed by atoms with Crippen molar-refractivity contribution in [3.05, 3.63) is 52.0 Å². The van der Waals surface area contributed by atoms with Crippen LogP contribution in [0.5, 0.6) is 11.5 Å². The third-order valence-electron chi connectivity index (χ3n) is 4.71. The Morgan fingerprint density at radius 1 is 1.17 bits per heavy atom. The SMILES string of the molecule is CCCCCOc1c(Br)cc(-c2cc(C(=O)O)c3cc(C)ccc3n2)cc1OC. The van der Waals surface area contributed by atoms with Crippen molar-refractivity contribution < 1.29 is 19.4 Å². The average Bonchev–Trinajstić information content (AvgIpc) is 2.70. The van der Waals surface area contributed by atoms with Gasteiger partial charge in [0.1, 0.15) is 0 Å². The van der Waals surface area contributed by atoms with E-state index in [1.807, 2.05) is 37.3 Å². The number of hydrogen-bond acceptors (Lipinski definition) is 4. The molecule has 0 aliphatic carbocycles. The molecule has 0 spiro atoms. The van der Waals surface area contributed by atoms with Gasteiger partial charge in [-0.3, -0.25) is 0 Å². The van der Waals surface area contributed by atoms with Crippen molar-refractivity contribution in [1.29, 1.82) is 0 Å². The number of hydrogen-bond donors (Lipinski definition) is 1. The van der Waals surface area contributed by atoms with Gasteiger partial charge < -0.3 is 14.6 Å². The average molecular weight is 458 g/mol. The maximum Gasteiger partial charge on any atom is 0.336 e. The molecule has 0 amide bonds. The van der Waals surface area contributed by atoms with Gasteiger partial charge in [-0.05, 0) is 59.6 Å². The highest BCUT2D eigenvalue weighted by Crippen LogP contribution is 2.40. The van der Waals surface area contributed by atoms with Crippen molar-refractivity contribution >= 4 is 32.8 Å². The van der Waals surface area contributed by atoms with Crippen molar-refractivity contribution in [2.75, 3.05) is 13.7 Å². The lowest BCUT2D eigenvalue weighted by molar-refractivity contribution is 0.0699. The van der Waals surface area contributed by atoms with Crippen LogP contribution >= 0.6 is 15.9 Å². The Bertz CT molecular complexity index is 1050. The second kappa shape index (κ2) is 9.27. The molecule has 3 rings (SSSR count). The number of halogens is 1. The molecule has 0 fully saturated rings. The molecule has 0 saturated carbocycles. The maximum absolute atomic E-state index is 11.8. The molecular formula is C23H24BrNO4. The number of carboxylic acid groups (broad SMARTS) is 1. The second-order valence-electron chi connectivity index (χ2n) is 6.93. The van der Waals surface area contributed by atoms with E-state index >= 15 is 0 Å². The standard InChI is InChI=1S/C23H24BrNO4/c1-4-5-6-9-29-22-18(24)11-15(12-21(22)28-3)20-13-17(23(26)27)16-10-14(2)7-8-19(16)25-20/h7-8,10-13H,4-6,9H2,1-3H3,(H,26,27). The van der Waals surface area contributed by atoms with Crippen LogP contribution in [0, 0.1) is 6.92 Å². The molecule has 6 heteroatoms. The monoisotopic (exact) mass is 457 g/mol. The highest BCUT2D eigenvalue weighted by Gasteiger charge is 2.17. The minimum Gasteiger partial charge on any atom is -0.493 e. The Hall–Kier alpha value is -2.60. The van der Waals surface area contributed by atoms with E-state index in [1.165, 1.54) is 0 Å². The van der Waals surface area contributed by atoms with Gasteiger partial charge in [-0.15, -0.1) is 0 Å². The summed E-state index contributed by atoms with van der Waals surface area (Å²) in [6.07, 6.45) is 3.21. The predicted octanol–water partition coefficient (Wildman–Crippen LogP) is 6.25. The number of carboxylic acids is 1. The number of benzene rings is 2. The van der Waals surface area contributed by atoms with E-state index in [-0.39, 0.29) is 5.56 Å². The number of pyridine rings is 1. The number of unbranched alkanes of at least 4 members (excludes halogenated alkanes) is 2. The number of aryl methyl sites for hydroxylation is 1. The zero-order valence-electron chi connectivity index (χ0n) is 16.8. The molecule has 0 aliphatic heterocycles.